The number of pyridine rings is 1. The van der Waals surface area contributed by atoms with Gasteiger partial charge in [0.15, 0.2) is 0 Å². The maximum Gasteiger partial charge on any atom is 0.339 e. The van der Waals surface area contributed by atoms with E-state index in [1.165, 1.54) is 6.20 Å². The van der Waals surface area contributed by atoms with Crippen molar-refractivity contribution < 1.29 is 14.3 Å². The van der Waals surface area contributed by atoms with Crippen molar-refractivity contribution >= 4 is 23.4 Å². The molecule has 0 aliphatic heterocycles. The quantitative estimate of drug-likeness (QED) is 0.741. The van der Waals surface area contributed by atoms with Crippen molar-refractivity contribution in [2.45, 2.75) is 32.7 Å². The van der Waals surface area contributed by atoms with E-state index in [2.05, 4.69) is 15.6 Å². The lowest BCUT2D eigenvalue weighted by Crippen LogP contribution is -2.13. The van der Waals surface area contributed by atoms with Crippen LogP contribution in [0.1, 0.15) is 48.7 Å². The Labute approximate surface area is 153 Å². The van der Waals surface area contributed by atoms with Crippen LogP contribution >= 0.6 is 0 Å². The molecule has 0 bridgehead atoms. The number of benzene rings is 1. The second kappa shape index (κ2) is 7.99. The topological polar surface area (TPSA) is 80.3 Å². The van der Waals surface area contributed by atoms with Crippen molar-refractivity contribution in [1.82, 2.24) is 4.98 Å². The number of aromatic nitrogens is 1. The van der Waals surface area contributed by atoms with E-state index in [0.717, 1.165) is 24.1 Å². The van der Waals surface area contributed by atoms with Gasteiger partial charge in [-0.1, -0.05) is 12.1 Å². The molecule has 2 aromatic rings. The lowest BCUT2D eigenvalue weighted by molar-refractivity contribution is -0.117. The molecular formula is C20H23N3O3. The molecule has 0 saturated heterocycles. The summed E-state index contributed by atoms with van der Waals surface area (Å²) in [5.74, 6) is 0.605. The van der Waals surface area contributed by atoms with Gasteiger partial charge >= 0.3 is 5.97 Å². The summed E-state index contributed by atoms with van der Waals surface area (Å²) in [4.78, 5) is 27.7. The average Bonchev–Trinajstić information content (AvgIpc) is 3.48. The summed E-state index contributed by atoms with van der Waals surface area (Å²) in [7, 11) is 0. The fraction of sp³-hybridized carbons (Fsp3) is 0.350. The van der Waals surface area contributed by atoms with Gasteiger partial charge in [-0.25, -0.2) is 9.78 Å². The number of nitrogens with zero attached hydrogens (tertiary/aromatic N) is 1. The number of ether oxygens (including phenoxy) is 1. The highest BCUT2D eigenvalue weighted by Crippen LogP contribution is 2.30. The van der Waals surface area contributed by atoms with Gasteiger partial charge in [0.05, 0.1) is 12.2 Å². The SMILES string of the molecule is CCOC(=O)c1ccc(NC(C)c2ccc(NC(=O)C3CC3)cc2)nc1. The average molecular weight is 353 g/mol. The highest BCUT2D eigenvalue weighted by Gasteiger charge is 2.29. The van der Waals surface area contributed by atoms with Crippen LogP contribution in [0.5, 0.6) is 0 Å². The highest BCUT2D eigenvalue weighted by molar-refractivity contribution is 5.94. The monoisotopic (exact) mass is 353 g/mol. The Morgan fingerprint density at radius 3 is 2.50 bits per heavy atom. The molecular weight excluding hydrogens is 330 g/mol. The molecule has 0 radical (unpaired) electrons. The lowest BCUT2D eigenvalue weighted by atomic mass is 10.1. The van der Waals surface area contributed by atoms with Crippen molar-refractivity contribution in [2.75, 3.05) is 17.2 Å². The first-order valence-electron chi connectivity index (χ1n) is 8.87. The van der Waals surface area contributed by atoms with Gasteiger partial charge < -0.3 is 15.4 Å². The zero-order valence-corrected chi connectivity index (χ0v) is 15.0. The van der Waals surface area contributed by atoms with E-state index < -0.39 is 0 Å². The third-order valence-corrected chi connectivity index (χ3v) is 4.27. The molecule has 1 unspecified atom stereocenters. The largest absolute Gasteiger partial charge is 0.462 e. The second-order valence-electron chi connectivity index (χ2n) is 6.40. The molecule has 1 aliphatic carbocycles. The van der Waals surface area contributed by atoms with Crippen molar-refractivity contribution in [2.24, 2.45) is 5.92 Å². The van der Waals surface area contributed by atoms with Crippen LogP contribution in [-0.4, -0.2) is 23.5 Å². The van der Waals surface area contributed by atoms with Crippen LogP contribution < -0.4 is 10.6 Å². The molecule has 1 fully saturated rings. The molecule has 6 nitrogen and oxygen atoms in total. The number of hydrogen-bond acceptors (Lipinski definition) is 5. The number of rotatable bonds is 7. The van der Waals surface area contributed by atoms with Crippen molar-refractivity contribution in [3.8, 4) is 0 Å². The molecule has 1 aliphatic rings. The summed E-state index contributed by atoms with van der Waals surface area (Å²) in [5, 5.41) is 6.23. The fourth-order valence-electron chi connectivity index (χ4n) is 2.56. The smallest absolute Gasteiger partial charge is 0.339 e. The van der Waals surface area contributed by atoms with Crippen LogP contribution in [0.4, 0.5) is 11.5 Å². The van der Waals surface area contributed by atoms with Crippen LogP contribution in [-0.2, 0) is 9.53 Å². The number of esters is 1. The van der Waals surface area contributed by atoms with E-state index in [1.54, 1.807) is 19.1 Å². The summed E-state index contributed by atoms with van der Waals surface area (Å²) in [6.07, 6.45) is 3.49. The first-order valence-corrected chi connectivity index (χ1v) is 8.87. The Morgan fingerprint density at radius 1 is 1.19 bits per heavy atom. The maximum absolute atomic E-state index is 11.8. The molecule has 1 aromatic heterocycles. The Kier molecular flexibility index (Phi) is 5.51. The van der Waals surface area contributed by atoms with Gasteiger partial charge in [0.1, 0.15) is 5.82 Å². The molecule has 26 heavy (non-hydrogen) atoms. The van der Waals surface area contributed by atoms with E-state index >= 15 is 0 Å². The highest BCUT2D eigenvalue weighted by atomic mass is 16.5. The Balaban J connectivity index is 1.57. The van der Waals surface area contributed by atoms with E-state index in [-0.39, 0.29) is 23.8 Å². The number of nitrogens with one attached hydrogen (secondary N) is 2. The van der Waals surface area contributed by atoms with Crippen LogP contribution in [0.25, 0.3) is 0 Å². The molecule has 1 saturated carbocycles. The zero-order valence-electron chi connectivity index (χ0n) is 15.0. The number of amides is 1. The fourth-order valence-corrected chi connectivity index (χ4v) is 2.56. The van der Waals surface area contributed by atoms with E-state index in [1.807, 2.05) is 31.2 Å². The minimum absolute atomic E-state index is 0.0316. The van der Waals surface area contributed by atoms with E-state index in [0.29, 0.717) is 18.0 Å². The third-order valence-electron chi connectivity index (χ3n) is 4.27. The summed E-state index contributed by atoms with van der Waals surface area (Å²) < 4.78 is 4.95. The van der Waals surface area contributed by atoms with Gasteiger partial charge in [-0.2, -0.15) is 0 Å². The predicted octanol–water partition coefficient (Wildman–Crippen LogP) is 3.78. The third kappa shape index (κ3) is 4.59. The predicted molar refractivity (Wildman–Crippen MR) is 100 cm³/mol. The Bertz CT molecular complexity index is 768. The molecule has 2 N–H and O–H groups in total. The number of anilines is 2. The maximum atomic E-state index is 11.8. The first kappa shape index (κ1) is 17.9. The van der Waals surface area contributed by atoms with Crippen molar-refractivity contribution in [3.05, 3.63) is 53.7 Å². The molecule has 1 amide bonds. The van der Waals surface area contributed by atoms with Gasteiger partial charge in [-0.15, -0.1) is 0 Å². The van der Waals surface area contributed by atoms with Crippen LogP contribution in [0.2, 0.25) is 0 Å². The molecule has 3 rings (SSSR count). The van der Waals surface area contributed by atoms with Gasteiger partial charge in [-0.3, -0.25) is 4.79 Å². The van der Waals surface area contributed by atoms with Crippen LogP contribution in [0.15, 0.2) is 42.6 Å². The number of carbonyl (C=O) groups is 2. The summed E-state index contributed by atoms with van der Waals surface area (Å²) >= 11 is 0. The molecule has 1 atom stereocenters. The van der Waals surface area contributed by atoms with E-state index in [4.69, 9.17) is 4.74 Å². The Hall–Kier alpha value is -2.89. The van der Waals surface area contributed by atoms with Crippen molar-refractivity contribution in [3.63, 3.8) is 0 Å². The molecule has 1 aromatic carbocycles. The summed E-state index contributed by atoms with van der Waals surface area (Å²) in [5.41, 5.74) is 2.32. The van der Waals surface area contributed by atoms with Gasteiger partial charge in [0, 0.05) is 23.8 Å². The normalized spacial score (nSPS) is 14.4. The molecule has 0 spiro atoms. The van der Waals surface area contributed by atoms with E-state index in [9.17, 15) is 9.59 Å². The second-order valence-corrected chi connectivity index (χ2v) is 6.40. The first-order chi connectivity index (χ1) is 12.6. The summed E-state index contributed by atoms with van der Waals surface area (Å²) in [6.45, 7) is 4.14. The molecule has 1 heterocycles. The molecule has 6 heteroatoms. The minimum atomic E-state index is -0.372. The zero-order chi connectivity index (χ0) is 18.5. The van der Waals surface area contributed by atoms with Crippen molar-refractivity contribution in [1.29, 1.82) is 0 Å². The van der Waals surface area contributed by atoms with Crippen LogP contribution in [0.3, 0.4) is 0 Å². The van der Waals surface area contributed by atoms with Gasteiger partial charge in [0.2, 0.25) is 5.91 Å². The number of hydrogen-bond donors (Lipinski definition) is 2. The lowest BCUT2D eigenvalue weighted by Gasteiger charge is -2.16. The van der Waals surface area contributed by atoms with Gasteiger partial charge in [0.25, 0.3) is 0 Å². The molecule has 136 valence electrons. The van der Waals surface area contributed by atoms with Gasteiger partial charge in [-0.05, 0) is 56.5 Å². The number of carbonyl (C=O) groups excluding carboxylic acids is 2. The standard InChI is InChI=1S/C20H23N3O3/c1-3-26-20(25)16-8-11-18(21-12-16)22-13(2)14-6-9-17(10-7-14)23-19(24)15-4-5-15/h6-13,15H,3-5H2,1-2H3,(H,21,22)(H,23,24). The summed E-state index contributed by atoms with van der Waals surface area (Å²) in [6, 6.07) is 11.3. The Morgan fingerprint density at radius 2 is 1.92 bits per heavy atom. The van der Waals surface area contributed by atoms with Crippen LogP contribution in [0, 0.1) is 5.92 Å². The minimum Gasteiger partial charge on any atom is -0.462 e.